The van der Waals surface area contributed by atoms with Gasteiger partial charge < -0.3 is 0 Å². The fourth-order valence-corrected chi connectivity index (χ4v) is 0.796. The van der Waals surface area contributed by atoms with E-state index in [4.69, 9.17) is 10.8 Å². The van der Waals surface area contributed by atoms with Crippen LogP contribution in [0.25, 0.3) is 0 Å². The molecule has 0 aromatic rings. The van der Waals surface area contributed by atoms with Gasteiger partial charge in [-0.15, -0.1) is 0 Å². The maximum Gasteiger partial charge on any atom is 0.0939 e. The number of hydrogen-bond donors (Lipinski definition) is 2. The molecule has 0 saturated heterocycles. The number of nitrogens with one attached hydrogen (secondary N) is 2. The molecule has 0 saturated carbocycles. The van der Waals surface area contributed by atoms with Crippen LogP contribution in [0.15, 0.2) is 21.6 Å². The average molecular weight is 280 g/mol. The van der Waals surface area contributed by atoms with Crippen molar-refractivity contribution in [3.05, 3.63) is 21.6 Å². The van der Waals surface area contributed by atoms with Crippen LogP contribution in [0, 0.1) is 10.8 Å². The molecule has 0 unspecified atom stereocenters. The molecular weight excluding hydrogens is 272 g/mol. The van der Waals surface area contributed by atoms with Gasteiger partial charge in [0.05, 0.1) is 11.4 Å². The lowest BCUT2D eigenvalue weighted by Gasteiger charge is -2.01. The summed E-state index contributed by atoms with van der Waals surface area (Å²) in [5.41, 5.74) is 0.226. The first-order chi connectivity index (χ1) is 5.00. The summed E-state index contributed by atoms with van der Waals surface area (Å²) in [5.74, 6) is 0. The van der Waals surface area contributed by atoms with Crippen molar-refractivity contribution >= 4 is 43.3 Å². The van der Waals surface area contributed by atoms with Crippen molar-refractivity contribution in [3.63, 3.8) is 0 Å². The van der Waals surface area contributed by atoms with Gasteiger partial charge >= 0.3 is 0 Å². The Labute approximate surface area is 82.7 Å². The predicted molar refractivity (Wildman–Crippen MR) is 56.2 cm³/mol. The topological polar surface area (TPSA) is 47.7 Å². The summed E-state index contributed by atoms with van der Waals surface area (Å²) in [6.07, 6.45) is 1.72. The molecule has 0 radical (unpaired) electrons. The molecule has 2 N–H and O–H groups in total. The summed E-state index contributed by atoms with van der Waals surface area (Å²) in [5, 5.41) is 14.7. The summed E-state index contributed by atoms with van der Waals surface area (Å²) in [6, 6.07) is 0. The van der Waals surface area contributed by atoms with Crippen molar-refractivity contribution in [2.75, 3.05) is 0 Å². The summed E-state index contributed by atoms with van der Waals surface area (Å²) >= 11 is 6.17. The second-order valence-electron chi connectivity index (χ2n) is 1.79. The van der Waals surface area contributed by atoms with Crippen LogP contribution in [-0.4, -0.2) is 11.4 Å². The lowest BCUT2D eigenvalue weighted by molar-refractivity contribution is 1.49. The van der Waals surface area contributed by atoms with Gasteiger partial charge in [0.1, 0.15) is 0 Å². The smallest absolute Gasteiger partial charge is 0.0939 e. The Morgan fingerprint density at radius 1 is 1.27 bits per heavy atom. The molecule has 0 fully saturated rings. The van der Waals surface area contributed by atoms with E-state index in [1.165, 1.54) is 0 Å². The van der Waals surface area contributed by atoms with Gasteiger partial charge in [0.2, 0.25) is 0 Å². The molecular formula is C7H8Br2N2. The van der Waals surface area contributed by atoms with Crippen LogP contribution in [-0.2, 0) is 0 Å². The molecule has 0 atom stereocenters. The van der Waals surface area contributed by atoms with Gasteiger partial charge in [0.25, 0.3) is 0 Å². The molecule has 0 aliphatic carbocycles. The molecule has 0 bridgehead atoms. The first-order valence-electron chi connectivity index (χ1n) is 2.85. The normalized spacial score (nSPS) is 11.0. The SMILES string of the molecule is C=C(Br)C(=N)C(=N)/C(Br)=C\C. The minimum Gasteiger partial charge on any atom is -0.297 e. The number of rotatable bonds is 3. The van der Waals surface area contributed by atoms with Crippen molar-refractivity contribution < 1.29 is 0 Å². The molecule has 0 amide bonds. The van der Waals surface area contributed by atoms with E-state index >= 15 is 0 Å². The van der Waals surface area contributed by atoms with Gasteiger partial charge in [-0.1, -0.05) is 12.7 Å². The van der Waals surface area contributed by atoms with E-state index in [1.807, 2.05) is 0 Å². The van der Waals surface area contributed by atoms with Gasteiger partial charge in [0, 0.05) is 8.96 Å². The van der Waals surface area contributed by atoms with Crippen LogP contribution in [0.5, 0.6) is 0 Å². The highest BCUT2D eigenvalue weighted by atomic mass is 79.9. The van der Waals surface area contributed by atoms with E-state index in [1.54, 1.807) is 13.0 Å². The first kappa shape index (κ1) is 10.8. The van der Waals surface area contributed by atoms with Crippen LogP contribution in [0.3, 0.4) is 0 Å². The van der Waals surface area contributed by atoms with E-state index in [-0.39, 0.29) is 11.4 Å². The Bertz CT molecular complexity index is 241. The van der Waals surface area contributed by atoms with Crippen LogP contribution in [0.1, 0.15) is 6.92 Å². The third-order valence-electron chi connectivity index (χ3n) is 1.01. The third-order valence-corrected chi connectivity index (χ3v) is 2.26. The molecule has 0 heterocycles. The molecule has 0 aromatic carbocycles. The molecule has 0 aliphatic heterocycles. The van der Waals surface area contributed by atoms with E-state index in [2.05, 4.69) is 38.4 Å². The quantitative estimate of drug-likeness (QED) is 0.746. The second kappa shape index (κ2) is 4.62. The highest BCUT2D eigenvalue weighted by Gasteiger charge is 2.08. The molecule has 2 nitrogen and oxygen atoms in total. The van der Waals surface area contributed by atoms with Gasteiger partial charge in [-0.25, -0.2) is 0 Å². The van der Waals surface area contributed by atoms with Crippen LogP contribution >= 0.6 is 31.9 Å². The van der Waals surface area contributed by atoms with Crippen molar-refractivity contribution in [1.29, 1.82) is 10.8 Å². The van der Waals surface area contributed by atoms with E-state index in [9.17, 15) is 0 Å². The molecule has 0 rings (SSSR count). The zero-order chi connectivity index (χ0) is 9.02. The fourth-order valence-electron chi connectivity index (χ4n) is 0.399. The lowest BCUT2D eigenvalue weighted by Crippen LogP contribution is -2.10. The highest BCUT2D eigenvalue weighted by Crippen LogP contribution is 2.12. The third kappa shape index (κ3) is 3.12. The Balaban J connectivity index is 4.52. The van der Waals surface area contributed by atoms with Gasteiger partial charge in [-0.2, -0.15) is 0 Å². The maximum atomic E-state index is 7.40. The van der Waals surface area contributed by atoms with Crippen molar-refractivity contribution in [2.45, 2.75) is 6.92 Å². The molecule has 11 heavy (non-hydrogen) atoms. The summed E-state index contributed by atoms with van der Waals surface area (Å²) in [4.78, 5) is 0. The Kier molecular flexibility index (Phi) is 4.52. The van der Waals surface area contributed by atoms with E-state index in [0.29, 0.717) is 8.96 Å². The first-order valence-corrected chi connectivity index (χ1v) is 4.43. The van der Waals surface area contributed by atoms with Crippen LogP contribution in [0.4, 0.5) is 0 Å². The largest absolute Gasteiger partial charge is 0.297 e. The van der Waals surface area contributed by atoms with Crippen molar-refractivity contribution in [2.24, 2.45) is 0 Å². The minimum atomic E-state index is 0.0926. The predicted octanol–water partition coefficient (Wildman–Crippen LogP) is 3.23. The Morgan fingerprint density at radius 2 is 1.73 bits per heavy atom. The average Bonchev–Trinajstić information content (AvgIpc) is 2.00. The molecule has 0 aliphatic rings. The fraction of sp³-hybridized carbons (Fsp3) is 0.143. The Hall–Kier alpha value is -0.220. The van der Waals surface area contributed by atoms with Crippen LogP contribution in [0.2, 0.25) is 0 Å². The van der Waals surface area contributed by atoms with E-state index in [0.717, 1.165) is 0 Å². The zero-order valence-electron chi connectivity index (χ0n) is 6.04. The van der Waals surface area contributed by atoms with Gasteiger partial charge in [-0.05, 0) is 38.8 Å². The summed E-state index contributed by atoms with van der Waals surface area (Å²) in [7, 11) is 0. The number of allylic oxidation sites excluding steroid dienone is 3. The monoisotopic (exact) mass is 278 g/mol. The second-order valence-corrected chi connectivity index (χ2v) is 3.60. The zero-order valence-corrected chi connectivity index (χ0v) is 9.21. The molecule has 0 aromatic heterocycles. The minimum absolute atomic E-state index is 0.0926. The van der Waals surface area contributed by atoms with Gasteiger partial charge in [0.15, 0.2) is 0 Å². The standard InChI is InChI=1S/C7H8Br2N2/c1-3-5(9)7(11)6(10)4(2)8/h3,10-11H,2H2,1H3/b5-3+,10-6?,11-7?. The number of halogens is 2. The van der Waals surface area contributed by atoms with Gasteiger partial charge in [-0.3, -0.25) is 10.8 Å². The molecule has 60 valence electrons. The summed E-state index contributed by atoms with van der Waals surface area (Å²) < 4.78 is 1.02. The summed E-state index contributed by atoms with van der Waals surface area (Å²) in [6.45, 7) is 5.29. The maximum absolute atomic E-state index is 7.40. The van der Waals surface area contributed by atoms with Crippen molar-refractivity contribution in [3.8, 4) is 0 Å². The highest BCUT2D eigenvalue weighted by molar-refractivity contribution is 9.12. The van der Waals surface area contributed by atoms with E-state index < -0.39 is 0 Å². The Morgan fingerprint density at radius 3 is 2.00 bits per heavy atom. The van der Waals surface area contributed by atoms with Crippen LogP contribution < -0.4 is 0 Å². The molecule has 4 heteroatoms. The van der Waals surface area contributed by atoms with Crippen molar-refractivity contribution in [1.82, 2.24) is 0 Å². The molecule has 0 spiro atoms. The lowest BCUT2D eigenvalue weighted by atomic mass is 10.2. The number of hydrogen-bond acceptors (Lipinski definition) is 2.